The van der Waals surface area contributed by atoms with Crippen molar-refractivity contribution in [2.75, 3.05) is 6.61 Å². The highest BCUT2D eigenvalue weighted by molar-refractivity contribution is 5.90. The Bertz CT molecular complexity index is 384. The van der Waals surface area contributed by atoms with Gasteiger partial charge in [-0.15, -0.1) is 0 Å². The lowest BCUT2D eigenvalue weighted by atomic mass is 10.4. The van der Waals surface area contributed by atoms with Gasteiger partial charge in [-0.3, -0.25) is 4.68 Å². The van der Waals surface area contributed by atoms with E-state index in [9.17, 15) is 9.59 Å². The van der Waals surface area contributed by atoms with Gasteiger partial charge in [-0.25, -0.2) is 9.59 Å². The van der Waals surface area contributed by atoms with Crippen molar-refractivity contribution in [2.45, 2.75) is 20.0 Å². The molecule has 6 heteroatoms. The standard InChI is InChI=1S/C10H14N2O4/c1-7(2)16-9(13)6-15-10(14)8-4-11-12(3)5-8/h4-5,7H,6H2,1-3H3. The second kappa shape index (κ2) is 5.29. The lowest BCUT2D eigenvalue weighted by Gasteiger charge is -2.07. The SMILES string of the molecule is CC(C)OC(=O)COC(=O)c1cnn(C)c1. The van der Waals surface area contributed by atoms with Gasteiger partial charge >= 0.3 is 11.9 Å². The maximum atomic E-state index is 11.4. The number of carbonyl (C=O) groups excluding carboxylic acids is 2. The molecule has 1 heterocycles. The van der Waals surface area contributed by atoms with Gasteiger partial charge in [0.05, 0.1) is 17.9 Å². The summed E-state index contributed by atoms with van der Waals surface area (Å²) in [4.78, 5) is 22.4. The molecule has 16 heavy (non-hydrogen) atoms. The van der Waals surface area contributed by atoms with Crippen LogP contribution in [-0.4, -0.2) is 34.4 Å². The van der Waals surface area contributed by atoms with Crippen LogP contribution in [0.1, 0.15) is 24.2 Å². The molecule has 6 nitrogen and oxygen atoms in total. The van der Waals surface area contributed by atoms with Crippen LogP contribution in [0.3, 0.4) is 0 Å². The van der Waals surface area contributed by atoms with E-state index in [1.54, 1.807) is 20.9 Å². The summed E-state index contributed by atoms with van der Waals surface area (Å²) in [7, 11) is 1.68. The fourth-order valence-electron chi connectivity index (χ4n) is 1.03. The number of ether oxygens (including phenoxy) is 2. The van der Waals surface area contributed by atoms with Crippen LogP contribution in [-0.2, 0) is 21.3 Å². The van der Waals surface area contributed by atoms with E-state index in [0.717, 1.165) is 0 Å². The molecule has 0 unspecified atom stereocenters. The number of carbonyl (C=O) groups is 2. The highest BCUT2D eigenvalue weighted by atomic mass is 16.6. The number of aromatic nitrogens is 2. The molecular weight excluding hydrogens is 212 g/mol. The van der Waals surface area contributed by atoms with Crippen molar-refractivity contribution in [3.8, 4) is 0 Å². The van der Waals surface area contributed by atoms with Crippen LogP contribution >= 0.6 is 0 Å². The van der Waals surface area contributed by atoms with Crippen LogP contribution in [0, 0.1) is 0 Å². The van der Waals surface area contributed by atoms with Crippen LogP contribution in [0.15, 0.2) is 12.4 Å². The molecule has 0 radical (unpaired) electrons. The Kier molecular flexibility index (Phi) is 4.04. The van der Waals surface area contributed by atoms with E-state index in [1.165, 1.54) is 17.1 Å². The molecule has 0 aliphatic carbocycles. The maximum Gasteiger partial charge on any atom is 0.344 e. The number of nitrogens with zero attached hydrogens (tertiary/aromatic N) is 2. The van der Waals surface area contributed by atoms with Crippen LogP contribution in [0.2, 0.25) is 0 Å². The molecule has 0 saturated carbocycles. The van der Waals surface area contributed by atoms with Crippen LogP contribution < -0.4 is 0 Å². The number of esters is 2. The molecule has 0 aliphatic rings. The third-order valence-corrected chi connectivity index (χ3v) is 1.63. The van der Waals surface area contributed by atoms with Crippen LogP contribution in [0.25, 0.3) is 0 Å². The first kappa shape index (κ1) is 12.2. The van der Waals surface area contributed by atoms with E-state index in [1.807, 2.05) is 0 Å². The molecule has 0 atom stereocenters. The van der Waals surface area contributed by atoms with Crippen molar-refractivity contribution in [1.82, 2.24) is 9.78 Å². The molecular formula is C10H14N2O4. The van der Waals surface area contributed by atoms with Gasteiger partial charge in [0, 0.05) is 13.2 Å². The monoisotopic (exact) mass is 226 g/mol. The van der Waals surface area contributed by atoms with Crippen LogP contribution in [0.5, 0.6) is 0 Å². The number of hydrogen-bond donors (Lipinski definition) is 0. The third-order valence-electron chi connectivity index (χ3n) is 1.63. The molecule has 1 aromatic rings. The molecule has 0 amide bonds. The Morgan fingerprint density at radius 2 is 2.19 bits per heavy atom. The Hall–Kier alpha value is -1.85. The normalized spacial score (nSPS) is 10.2. The lowest BCUT2D eigenvalue weighted by molar-refractivity contribution is -0.150. The van der Waals surface area contributed by atoms with Crippen molar-refractivity contribution < 1.29 is 19.1 Å². The van der Waals surface area contributed by atoms with Crippen LogP contribution in [0.4, 0.5) is 0 Å². The first-order chi connectivity index (χ1) is 7.49. The van der Waals surface area contributed by atoms with Crippen molar-refractivity contribution in [1.29, 1.82) is 0 Å². The third kappa shape index (κ3) is 3.72. The largest absolute Gasteiger partial charge is 0.460 e. The van der Waals surface area contributed by atoms with Crippen molar-refractivity contribution in [3.05, 3.63) is 18.0 Å². The fourth-order valence-corrected chi connectivity index (χ4v) is 1.03. The Balaban J connectivity index is 2.38. The predicted molar refractivity (Wildman–Crippen MR) is 54.7 cm³/mol. The number of hydrogen-bond acceptors (Lipinski definition) is 5. The Morgan fingerprint density at radius 3 is 2.69 bits per heavy atom. The minimum atomic E-state index is -0.589. The predicted octanol–water partition coefficient (Wildman–Crippen LogP) is 0.528. The zero-order valence-corrected chi connectivity index (χ0v) is 9.47. The minimum absolute atomic E-state index is 0.218. The average Bonchev–Trinajstić information content (AvgIpc) is 2.60. The molecule has 0 aliphatic heterocycles. The highest BCUT2D eigenvalue weighted by Crippen LogP contribution is 1.99. The second-order valence-electron chi connectivity index (χ2n) is 3.52. The van der Waals surface area contributed by atoms with Crippen molar-refractivity contribution in [2.24, 2.45) is 7.05 Å². The van der Waals surface area contributed by atoms with E-state index in [4.69, 9.17) is 9.47 Å². The van der Waals surface area contributed by atoms with Gasteiger partial charge in [0.2, 0.25) is 0 Å². The summed E-state index contributed by atoms with van der Waals surface area (Å²) in [5.74, 6) is -1.15. The average molecular weight is 226 g/mol. The molecule has 0 saturated heterocycles. The van der Waals surface area contributed by atoms with Gasteiger partial charge in [0.15, 0.2) is 6.61 Å². The van der Waals surface area contributed by atoms with Gasteiger partial charge in [0.1, 0.15) is 0 Å². The second-order valence-corrected chi connectivity index (χ2v) is 3.52. The molecule has 0 spiro atoms. The topological polar surface area (TPSA) is 70.4 Å². The molecule has 0 N–H and O–H groups in total. The number of aryl methyl sites for hydroxylation is 1. The summed E-state index contributed by atoms with van der Waals surface area (Å²) in [5.41, 5.74) is 0.305. The number of rotatable bonds is 4. The highest BCUT2D eigenvalue weighted by Gasteiger charge is 2.13. The quantitative estimate of drug-likeness (QED) is 0.700. The van der Waals surface area contributed by atoms with Gasteiger partial charge in [-0.2, -0.15) is 5.10 Å². The summed E-state index contributed by atoms with van der Waals surface area (Å²) >= 11 is 0. The smallest absolute Gasteiger partial charge is 0.344 e. The van der Waals surface area contributed by atoms with E-state index in [0.29, 0.717) is 5.56 Å². The van der Waals surface area contributed by atoms with Gasteiger partial charge in [0.25, 0.3) is 0 Å². The van der Waals surface area contributed by atoms with Crippen molar-refractivity contribution >= 4 is 11.9 Å². The molecule has 1 aromatic heterocycles. The minimum Gasteiger partial charge on any atom is -0.460 e. The van der Waals surface area contributed by atoms with Gasteiger partial charge in [-0.05, 0) is 13.8 Å². The zero-order valence-electron chi connectivity index (χ0n) is 9.47. The molecule has 1 rings (SSSR count). The maximum absolute atomic E-state index is 11.4. The Labute approximate surface area is 93.1 Å². The molecule has 0 aromatic carbocycles. The van der Waals surface area contributed by atoms with E-state index >= 15 is 0 Å². The van der Waals surface area contributed by atoms with E-state index in [-0.39, 0.29) is 12.7 Å². The summed E-state index contributed by atoms with van der Waals surface area (Å²) < 4.78 is 11.0. The Morgan fingerprint density at radius 1 is 1.50 bits per heavy atom. The molecule has 0 bridgehead atoms. The van der Waals surface area contributed by atoms with Crippen molar-refractivity contribution in [3.63, 3.8) is 0 Å². The molecule has 88 valence electrons. The molecule has 0 fully saturated rings. The fraction of sp³-hybridized carbons (Fsp3) is 0.500. The zero-order chi connectivity index (χ0) is 12.1. The summed E-state index contributed by atoms with van der Waals surface area (Å²) in [6.07, 6.45) is 2.66. The summed E-state index contributed by atoms with van der Waals surface area (Å²) in [6.45, 7) is 3.06. The summed E-state index contributed by atoms with van der Waals surface area (Å²) in [6, 6.07) is 0. The van der Waals surface area contributed by atoms with Gasteiger partial charge in [-0.1, -0.05) is 0 Å². The van der Waals surface area contributed by atoms with E-state index in [2.05, 4.69) is 5.10 Å². The lowest BCUT2D eigenvalue weighted by Crippen LogP contribution is -2.19. The van der Waals surface area contributed by atoms with Gasteiger partial charge < -0.3 is 9.47 Å². The first-order valence-corrected chi connectivity index (χ1v) is 4.84. The summed E-state index contributed by atoms with van der Waals surface area (Å²) in [5, 5.41) is 3.81. The first-order valence-electron chi connectivity index (χ1n) is 4.84. The van der Waals surface area contributed by atoms with E-state index < -0.39 is 11.9 Å².